The Balaban J connectivity index is 2.36. The van der Waals surface area contributed by atoms with Crippen LogP contribution >= 0.6 is 22.9 Å². The molecule has 1 rings (SSSR count). The van der Waals surface area contributed by atoms with E-state index in [4.69, 9.17) is 11.6 Å². The molecule has 0 aliphatic carbocycles. The highest BCUT2D eigenvalue weighted by molar-refractivity contribution is 7.90. The molecule has 1 aromatic heterocycles. The molecule has 0 saturated carbocycles. The third kappa shape index (κ3) is 3.91. The topological polar surface area (TPSA) is 59.1 Å². The van der Waals surface area contributed by atoms with Gasteiger partial charge in [0.1, 0.15) is 5.21 Å². The summed E-state index contributed by atoms with van der Waals surface area (Å²) in [5.74, 6) is 0. The van der Waals surface area contributed by atoms with Crippen molar-refractivity contribution in [3.05, 3.63) is 16.1 Å². The van der Waals surface area contributed by atoms with E-state index in [0.29, 0.717) is 13.0 Å². The smallest absolute Gasteiger partial charge is 0.225 e. The summed E-state index contributed by atoms with van der Waals surface area (Å²) in [5.41, 5.74) is 0.963. The zero-order valence-corrected chi connectivity index (χ0v) is 10.0. The van der Waals surface area contributed by atoms with Gasteiger partial charge < -0.3 is 0 Å². The first-order valence-electron chi connectivity index (χ1n) is 3.98. The molecule has 14 heavy (non-hydrogen) atoms. The Morgan fingerprint density at radius 2 is 2.36 bits per heavy atom. The van der Waals surface area contributed by atoms with E-state index in [1.807, 2.05) is 12.3 Å². The zero-order chi connectivity index (χ0) is 10.6. The Morgan fingerprint density at radius 1 is 1.64 bits per heavy atom. The summed E-state index contributed by atoms with van der Waals surface area (Å²) in [6.07, 6.45) is 0.606. The fourth-order valence-electron chi connectivity index (χ4n) is 0.870. The van der Waals surface area contributed by atoms with Crippen LogP contribution in [0.15, 0.2) is 5.38 Å². The molecular weight excluding hydrogens is 244 g/mol. The molecule has 1 aromatic rings. The summed E-state index contributed by atoms with van der Waals surface area (Å²) in [6, 6.07) is 0. The van der Waals surface area contributed by atoms with Crippen molar-refractivity contribution in [2.24, 2.45) is 0 Å². The molecule has 0 aromatic carbocycles. The highest BCUT2D eigenvalue weighted by Crippen LogP contribution is 2.08. The minimum atomic E-state index is -3.29. The van der Waals surface area contributed by atoms with Crippen LogP contribution in [0.5, 0.6) is 0 Å². The molecule has 4 nitrogen and oxygen atoms in total. The van der Waals surface area contributed by atoms with Gasteiger partial charge in [-0.2, -0.15) is 0 Å². The number of halogens is 1. The fraction of sp³-hybridized carbons (Fsp3) is 0.571. The highest BCUT2D eigenvalue weighted by atomic mass is 35.5. The molecule has 0 aliphatic rings. The van der Waals surface area contributed by atoms with Crippen LogP contribution in [-0.2, 0) is 16.4 Å². The van der Waals surface area contributed by atoms with Gasteiger partial charge in [-0.15, -0.1) is 22.9 Å². The van der Waals surface area contributed by atoms with Crippen LogP contribution in [-0.4, -0.2) is 25.2 Å². The summed E-state index contributed by atoms with van der Waals surface area (Å²) in [5, 5.41) is 2.47. The van der Waals surface area contributed by atoms with Gasteiger partial charge in [-0.1, -0.05) is 0 Å². The van der Waals surface area contributed by atoms with E-state index < -0.39 is 15.2 Å². The second kappa shape index (κ2) is 5.06. The predicted octanol–water partition coefficient (Wildman–Crippen LogP) is 1.11. The van der Waals surface area contributed by atoms with Gasteiger partial charge in [-0.25, -0.2) is 18.1 Å². The molecule has 0 atom stereocenters. The normalized spacial score (nSPS) is 11.9. The van der Waals surface area contributed by atoms with Gasteiger partial charge in [0.05, 0.1) is 5.01 Å². The molecule has 0 bridgehead atoms. The van der Waals surface area contributed by atoms with E-state index in [1.54, 1.807) is 0 Å². The summed E-state index contributed by atoms with van der Waals surface area (Å²) in [6.45, 7) is 2.25. The fourth-order valence-corrected chi connectivity index (χ4v) is 2.37. The van der Waals surface area contributed by atoms with E-state index in [9.17, 15) is 8.42 Å². The van der Waals surface area contributed by atoms with Crippen molar-refractivity contribution in [3.8, 4) is 0 Å². The van der Waals surface area contributed by atoms with Gasteiger partial charge in [0.15, 0.2) is 0 Å². The van der Waals surface area contributed by atoms with Crippen LogP contribution in [0.3, 0.4) is 0 Å². The van der Waals surface area contributed by atoms with E-state index in [-0.39, 0.29) is 0 Å². The number of alkyl halides is 1. The average Bonchev–Trinajstić information content (AvgIpc) is 2.51. The Bertz CT molecular complexity index is 388. The standard InChI is InChI=1S/C7H11ClN2O2S2/c1-6-4-13-7(10-6)2-3-9-14(11,12)5-8/h4,9H,2-3,5H2,1H3. The maximum atomic E-state index is 10.9. The van der Waals surface area contributed by atoms with Crippen LogP contribution in [0.4, 0.5) is 0 Å². The molecule has 0 fully saturated rings. The summed E-state index contributed by atoms with van der Waals surface area (Å²) in [4.78, 5) is 4.21. The monoisotopic (exact) mass is 254 g/mol. The van der Waals surface area contributed by atoms with Crippen molar-refractivity contribution in [1.29, 1.82) is 0 Å². The van der Waals surface area contributed by atoms with E-state index >= 15 is 0 Å². The first-order chi connectivity index (χ1) is 6.53. The van der Waals surface area contributed by atoms with Crippen molar-refractivity contribution in [1.82, 2.24) is 9.71 Å². The predicted molar refractivity (Wildman–Crippen MR) is 58.2 cm³/mol. The van der Waals surface area contributed by atoms with Gasteiger partial charge in [0.2, 0.25) is 10.0 Å². The van der Waals surface area contributed by atoms with Crippen LogP contribution in [0.1, 0.15) is 10.7 Å². The first kappa shape index (κ1) is 11.9. The molecule has 7 heteroatoms. The number of nitrogens with zero attached hydrogens (tertiary/aromatic N) is 1. The van der Waals surface area contributed by atoms with E-state index in [2.05, 4.69) is 9.71 Å². The summed E-state index contributed by atoms with van der Waals surface area (Å²) >= 11 is 6.74. The van der Waals surface area contributed by atoms with Crippen LogP contribution in [0, 0.1) is 6.92 Å². The minimum absolute atomic E-state index is 0.349. The second-order valence-corrected chi connectivity index (χ2v) is 6.08. The SMILES string of the molecule is Cc1csc(CCNS(=O)(=O)CCl)n1. The molecule has 0 saturated heterocycles. The Morgan fingerprint density at radius 3 is 2.86 bits per heavy atom. The van der Waals surface area contributed by atoms with Crippen molar-refractivity contribution in [3.63, 3.8) is 0 Å². The number of hydrogen-bond acceptors (Lipinski definition) is 4. The molecule has 1 N–H and O–H groups in total. The van der Waals surface area contributed by atoms with Crippen molar-refractivity contribution in [2.75, 3.05) is 11.8 Å². The lowest BCUT2D eigenvalue weighted by Crippen LogP contribution is -2.26. The third-order valence-corrected chi connectivity index (χ3v) is 4.29. The maximum Gasteiger partial charge on any atom is 0.225 e. The minimum Gasteiger partial charge on any atom is -0.247 e. The van der Waals surface area contributed by atoms with Gasteiger partial charge in [-0.05, 0) is 6.92 Å². The number of hydrogen-bond donors (Lipinski definition) is 1. The van der Waals surface area contributed by atoms with Crippen molar-refractivity contribution >= 4 is 33.0 Å². The van der Waals surface area contributed by atoms with E-state index in [0.717, 1.165) is 10.7 Å². The number of nitrogens with one attached hydrogen (secondary N) is 1. The van der Waals surface area contributed by atoms with Crippen molar-refractivity contribution < 1.29 is 8.42 Å². The number of rotatable bonds is 5. The molecule has 1 heterocycles. The van der Waals surface area contributed by atoms with Crippen LogP contribution < -0.4 is 4.72 Å². The highest BCUT2D eigenvalue weighted by Gasteiger charge is 2.07. The number of sulfonamides is 1. The first-order valence-corrected chi connectivity index (χ1v) is 7.04. The largest absolute Gasteiger partial charge is 0.247 e. The quantitative estimate of drug-likeness (QED) is 0.801. The molecule has 80 valence electrons. The van der Waals surface area contributed by atoms with Crippen LogP contribution in [0.2, 0.25) is 0 Å². The van der Waals surface area contributed by atoms with Crippen LogP contribution in [0.25, 0.3) is 0 Å². The molecule has 0 amide bonds. The molecule has 0 radical (unpaired) electrons. The number of aromatic nitrogens is 1. The second-order valence-electron chi connectivity index (χ2n) is 2.75. The summed E-state index contributed by atoms with van der Waals surface area (Å²) < 4.78 is 24.2. The van der Waals surface area contributed by atoms with Crippen molar-refractivity contribution in [2.45, 2.75) is 13.3 Å². The lowest BCUT2D eigenvalue weighted by molar-refractivity contribution is 0.586. The molecule has 0 spiro atoms. The lowest BCUT2D eigenvalue weighted by atomic mass is 10.4. The molecule has 0 aliphatic heterocycles. The Labute approximate surface area is 92.4 Å². The zero-order valence-electron chi connectivity index (χ0n) is 7.66. The van der Waals surface area contributed by atoms with Gasteiger partial charge >= 0.3 is 0 Å². The molecular formula is C7H11ClN2O2S2. The Kier molecular flexibility index (Phi) is 4.31. The van der Waals surface area contributed by atoms with Gasteiger partial charge in [0, 0.05) is 24.0 Å². The van der Waals surface area contributed by atoms with Gasteiger partial charge in [0.25, 0.3) is 0 Å². The molecule has 0 unspecified atom stereocenters. The summed E-state index contributed by atoms with van der Waals surface area (Å²) in [7, 11) is -3.29. The Hall–Kier alpha value is -0.170. The lowest BCUT2D eigenvalue weighted by Gasteiger charge is -2.00. The number of thiazole rings is 1. The maximum absolute atomic E-state index is 10.9. The third-order valence-electron chi connectivity index (χ3n) is 1.47. The van der Waals surface area contributed by atoms with E-state index in [1.165, 1.54) is 11.3 Å². The number of aryl methyl sites for hydroxylation is 1. The van der Waals surface area contributed by atoms with Gasteiger partial charge in [-0.3, -0.25) is 0 Å². The average molecular weight is 255 g/mol.